The van der Waals surface area contributed by atoms with Gasteiger partial charge < -0.3 is 5.32 Å². The van der Waals surface area contributed by atoms with E-state index >= 15 is 0 Å². The van der Waals surface area contributed by atoms with Crippen molar-refractivity contribution in [1.82, 2.24) is 15.3 Å². The molecule has 0 bridgehead atoms. The summed E-state index contributed by atoms with van der Waals surface area (Å²) in [5.74, 6) is 0. The molecule has 1 heterocycles. The van der Waals surface area contributed by atoms with Crippen LogP contribution in [0.2, 0.25) is 0 Å². The van der Waals surface area contributed by atoms with Crippen molar-refractivity contribution < 1.29 is 0 Å². The summed E-state index contributed by atoms with van der Waals surface area (Å²) < 4.78 is 0. The van der Waals surface area contributed by atoms with Crippen LogP contribution in [0.4, 0.5) is 0 Å². The van der Waals surface area contributed by atoms with Gasteiger partial charge in [0.2, 0.25) is 0 Å². The Morgan fingerprint density at radius 1 is 1.36 bits per heavy atom. The van der Waals surface area contributed by atoms with Crippen molar-refractivity contribution in [2.24, 2.45) is 5.41 Å². The molecule has 0 saturated carbocycles. The monoisotopic (exact) mass is 193 g/mol. The summed E-state index contributed by atoms with van der Waals surface area (Å²) in [6.45, 7) is 8.62. The zero-order valence-corrected chi connectivity index (χ0v) is 9.25. The van der Waals surface area contributed by atoms with Gasteiger partial charge in [-0.2, -0.15) is 0 Å². The molecule has 0 amide bonds. The van der Waals surface area contributed by atoms with Gasteiger partial charge in [0.15, 0.2) is 0 Å². The summed E-state index contributed by atoms with van der Waals surface area (Å²) in [5, 5.41) is 3.37. The zero-order chi connectivity index (χ0) is 10.4. The van der Waals surface area contributed by atoms with Crippen molar-refractivity contribution in [3.63, 3.8) is 0 Å². The number of hydrogen-bond acceptors (Lipinski definition) is 3. The molecule has 0 atom stereocenters. The Hall–Kier alpha value is -0.960. The van der Waals surface area contributed by atoms with Gasteiger partial charge in [0, 0.05) is 12.7 Å². The van der Waals surface area contributed by atoms with Crippen LogP contribution in [0.25, 0.3) is 0 Å². The molecule has 3 nitrogen and oxygen atoms in total. The Morgan fingerprint density at radius 3 is 2.71 bits per heavy atom. The van der Waals surface area contributed by atoms with Gasteiger partial charge in [-0.25, -0.2) is 9.97 Å². The van der Waals surface area contributed by atoms with Crippen LogP contribution in [-0.4, -0.2) is 16.5 Å². The highest BCUT2D eigenvalue weighted by Gasteiger charge is 2.08. The van der Waals surface area contributed by atoms with Crippen molar-refractivity contribution >= 4 is 0 Å². The van der Waals surface area contributed by atoms with Crippen LogP contribution in [0.1, 0.15) is 32.9 Å². The fraction of sp³-hybridized carbons (Fsp3) is 0.636. The quantitative estimate of drug-likeness (QED) is 0.743. The Balaban J connectivity index is 2.17. The van der Waals surface area contributed by atoms with E-state index in [1.807, 2.05) is 6.07 Å². The van der Waals surface area contributed by atoms with Gasteiger partial charge in [-0.3, -0.25) is 0 Å². The van der Waals surface area contributed by atoms with E-state index in [2.05, 4.69) is 36.1 Å². The summed E-state index contributed by atoms with van der Waals surface area (Å²) in [7, 11) is 0. The highest BCUT2D eigenvalue weighted by molar-refractivity contribution is 4.96. The summed E-state index contributed by atoms with van der Waals surface area (Å²) in [5.41, 5.74) is 1.45. The molecule has 0 unspecified atom stereocenters. The van der Waals surface area contributed by atoms with Gasteiger partial charge in [0.25, 0.3) is 0 Å². The molecule has 0 fully saturated rings. The van der Waals surface area contributed by atoms with Crippen LogP contribution in [0.15, 0.2) is 18.6 Å². The lowest BCUT2D eigenvalue weighted by molar-refractivity contribution is 0.366. The first-order valence-corrected chi connectivity index (χ1v) is 5.03. The average Bonchev–Trinajstić information content (AvgIpc) is 2.13. The molecular formula is C11H19N3. The zero-order valence-electron chi connectivity index (χ0n) is 9.25. The van der Waals surface area contributed by atoms with Gasteiger partial charge in [0.05, 0.1) is 5.69 Å². The third kappa shape index (κ3) is 4.92. The normalized spacial score (nSPS) is 11.6. The summed E-state index contributed by atoms with van der Waals surface area (Å²) in [4.78, 5) is 8.01. The van der Waals surface area contributed by atoms with E-state index < -0.39 is 0 Å². The van der Waals surface area contributed by atoms with E-state index in [1.54, 1.807) is 12.5 Å². The minimum atomic E-state index is 0.401. The van der Waals surface area contributed by atoms with Gasteiger partial charge in [0.1, 0.15) is 6.33 Å². The fourth-order valence-corrected chi connectivity index (χ4v) is 1.10. The largest absolute Gasteiger partial charge is 0.311 e. The van der Waals surface area contributed by atoms with E-state index in [1.165, 1.54) is 6.42 Å². The van der Waals surface area contributed by atoms with Crippen molar-refractivity contribution in [1.29, 1.82) is 0 Å². The van der Waals surface area contributed by atoms with Crippen LogP contribution < -0.4 is 5.32 Å². The molecule has 0 aliphatic carbocycles. The molecule has 1 N–H and O–H groups in total. The molecule has 0 radical (unpaired) electrons. The van der Waals surface area contributed by atoms with Gasteiger partial charge >= 0.3 is 0 Å². The predicted molar refractivity (Wildman–Crippen MR) is 57.8 cm³/mol. The van der Waals surface area contributed by atoms with E-state index in [-0.39, 0.29) is 0 Å². The number of aromatic nitrogens is 2. The lowest BCUT2D eigenvalue weighted by atomic mass is 9.92. The molecular weight excluding hydrogens is 174 g/mol. The lowest BCUT2D eigenvalue weighted by Crippen LogP contribution is -2.20. The number of hydrogen-bond donors (Lipinski definition) is 1. The highest BCUT2D eigenvalue weighted by Crippen LogP contribution is 2.16. The maximum atomic E-state index is 4.14. The van der Waals surface area contributed by atoms with Crippen molar-refractivity contribution in [2.75, 3.05) is 6.54 Å². The average molecular weight is 193 g/mol. The van der Waals surface area contributed by atoms with Crippen LogP contribution in [0, 0.1) is 5.41 Å². The smallest absolute Gasteiger partial charge is 0.115 e. The first-order valence-electron chi connectivity index (χ1n) is 5.03. The Morgan fingerprint density at radius 2 is 2.14 bits per heavy atom. The second-order valence-electron chi connectivity index (χ2n) is 4.69. The molecule has 0 aromatic carbocycles. The Kier molecular flexibility index (Phi) is 4.01. The minimum Gasteiger partial charge on any atom is -0.311 e. The van der Waals surface area contributed by atoms with Gasteiger partial charge in [-0.1, -0.05) is 20.8 Å². The third-order valence-corrected chi connectivity index (χ3v) is 2.00. The predicted octanol–water partition coefficient (Wildman–Crippen LogP) is 2.00. The number of nitrogens with zero attached hydrogens (tertiary/aromatic N) is 2. The van der Waals surface area contributed by atoms with Crippen LogP contribution in [-0.2, 0) is 6.54 Å². The first kappa shape index (κ1) is 11.1. The molecule has 1 aromatic heterocycles. The third-order valence-electron chi connectivity index (χ3n) is 2.00. The standard InChI is InChI=1S/C11H19N3/c1-11(2,3)5-7-12-8-10-4-6-13-9-14-10/h4,6,9,12H,5,7-8H2,1-3H3. The van der Waals surface area contributed by atoms with E-state index in [0.29, 0.717) is 5.41 Å². The Bertz CT molecular complexity index is 251. The van der Waals surface area contributed by atoms with Crippen LogP contribution >= 0.6 is 0 Å². The summed E-state index contributed by atoms with van der Waals surface area (Å²) in [6, 6.07) is 1.93. The molecule has 14 heavy (non-hydrogen) atoms. The van der Waals surface area contributed by atoms with Gasteiger partial charge in [-0.15, -0.1) is 0 Å². The molecule has 1 aromatic rings. The molecule has 1 rings (SSSR count). The van der Waals surface area contributed by atoms with Crippen LogP contribution in [0.3, 0.4) is 0 Å². The molecule has 3 heteroatoms. The van der Waals surface area contributed by atoms with Crippen molar-refractivity contribution in [2.45, 2.75) is 33.7 Å². The second-order valence-corrected chi connectivity index (χ2v) is 4.69. The molecule has 0 saturated heterocycles. The second kappa shape index (κ2) is 5.05. The maximum absolute atomic E-state index is 4.14. The fourth-order valence-electron chi connectivity index (χ4n) is 1.10. The minimum absolute atomic E-state index is 0.401. The highest BCUT2D eigenvalue weighted by atomic mass is 14.9. The number of nitrogens with one attached hydrogen (secondary N) is 1. The lowest BCUT2D eigenvalue weighted by Gasteiger charge is -2.17. The SMILES string of the molecule is CC(C)(C)CCNCc1ccncn1. The molecule has 0 spiro atoms. The maximum Gasteiger partial charge on any atom is 0.115 e. The Labute approximate surface area is 86.0 Å². The van der Waals surface area contributed by atoms with Crippen molar-refractivity contribution in [3.8, 4) is 0 Å². The van der Waals surface area contributed by atoms with E-state index in [0.717, 1.165) is 18.8 Å². The molecule has 0 aliphatic rings. The molecule has 78 valence electrons. The summed E-state index contributed by atoms with van der Waals surface area (Å²) in [6.07, 6.45) is 4.53. The van der Waals surface area contributed by atoms with E-state index in [4.69, 9.17) is 0 Å². The van der Waals surface area contributed by atoms with E-state index in [9.17, 15) is 0 Å². The number of rotatable bonds is 4. The summed E-state index contributed by atoms with van der Waals surface area (Å²) >= 11 is 0. The van der Waals surface area contributed by atoms with Crippen molar-refractivity contribution in [3.05, 3.63) is 24.3 Å². The van der Waals surface area contributed by atoms with Gasteiger partial charge in [-0.05, 0) is 24.4 Å². The topological polar surface area (TPSA) is 37.8 Å². The van der Waals surface area contributed by atoms with Crippen LogP contribution in [0.5, 0.6) is 0 Å². The first-order chi connectivity index (χ1) is 6.58. The molecule has 0 aliphatic heterocycles.